The van der Waals surface area contributed by atoms with Crippen molar-refractivity contribution in [1.29, 1.82) is 0 Å². The summed E-state index contributed by atoms with van der Waals surface area (Å²) in [4.78, 5) is 19.6. The van der Waals surface area contributed by atoms with E-state index in [0.717, 1.165) is 6.07 Å². The zero-order valence-corrected chi connectivity index (χ0v) is 6.91. The number of aliphatic hydroxyl groups is 1. The van der Waals surface area contributed by atoms with E-state index in [-0.39, 0.29) is 5.76 Å². The molecule has 0 aromatic carbocycles. The zero-order chi connectivity index (χ0) is 10.7. The van der Waals surface area contributed by atoms with E-state index in [9.17, 15) is 20.0 Å². The van der Waals surface area contributed by atoms with Gasteiger partial charge in [-0.3, -0.25) is 14.9 Å². The summed E-state index contributed by atoms with van der Waals surface area (Å²) in [6, 6.07) is 2.23. The van der Waals surface area contributed by atoms with Crippen LogP contribution in [0, 0.1) is 10.1 Å². The molecule has 1 heterocycles. The number of carboxylic acid groups (broad SMARTS) is 1. The Labute approximate surface area is 77.7 Å². The monoisotopic (exact) mass is 201 g/mol. The Kier molecular flexibility index (Phi) is 2.82. The number of hydrogen-bond donors (Lipinski definition) is 2. The van der Waals surface area contributed by atoms with Gasteiger partial charge < -0.3 is 14.6 Å². The molecule has 14 heavy (non-hydrogen) atoms. The van der Waals surface area contributed by atoms with Crippen LogP contribution in [0.5, 0.6) is 0 Å². The molecule has 1 rings (SSSR count). The average Bonchev–Trinajstić information content (AvgIpc) is 2.50. The van der Waals surface area contributed by atoms with E-state index in [1.54, 1.807) is 0 Å². The van der Waals surface area contributed by atoms with Crippen LogP contribution < -0.4 is 0 Å². The topological polar surface area (TPSA) is 114 Å². The fourth-order valence-electron chi connectivity index (χ4n) is 0.885. The smallest absolute Gasteiger partial charge is 0.433 e. The van der Waals surface area contributed by atoms with Gasteiger partial charge in [-0.25, -0.2) is 0 Å². The first-order valence-electron chi connectivity index (χ1n) is 3.64. The van der Waals surface area contributed by atoms with Gasteiger partial charge in [-0.1, -0.05) is 0 Å². The summed E-state index contributed by atoms with van der Waals surface area (Å²) in [5, 5.41) is 27.7. The number of rotatable bonds is 4. The standard InChI is InChI=1S/C7H7NO6/c9-4(3-7(10)11)5-1-2-6(14-5)8(12)13/h1-2,4,9H,3H2,(H,10,11)/t4-/m1/s1. The number of aliphatic carboxylic acids is 1. The molecular weight excluding hydrogens is 194 g/mol. The summed E-state index contributed by atoms with van der Waals surface area (Å²) in [5.41, 5.74) is 0. The van der Waals surface area contributed by atoms with Crippen molar-refractivity contribution in [2.75, 3.05) is 0 Å². The summed E-state index contributed by atoms with van der Waals surface area (Å²) >= 11 is 0. The molecule has 7 heteroatoms. The van der Waals surface area contributed by atoms with Crippen molar-refractivity contribution in [3.63, 3.8) is 0 Å². The van der Waals surface area contributed by atoms with Crippen molar-refractivity contribution in [3.05, 3.63) is 28.0 Å². The summed E-state index contributed by atoms with van der Waals surface area (Å²) in [6.45, 7) is 0. The van der Waals surface area contributed by atoms with Gasteiger partial charge in [-0.05, 0) is 6.07 Å². The third-order valence-electron chi connectivity index (χ3n) is 1.49. The molecule has 0 saturated heterocycles. The van der Waals surface area contributed by atoms with Crippen LogP contribution in [0.1, 0.15) is 18.3 Å². The van der Waals surface area contributed by atoms with Crippen LogP contribution in [0.2, 0.25) is 0 Å². The number of carboxylic acids is 1. The minimum absolute atomic E-state index is 0.126. The molecule has 0 amide bonds. The highest BCUT2D eigenvalue weighted by Gasteiger charge is 2.19. The molecule has 1 atom stereocenters. The predicted octanol–water partition coefficient (Wildman–Crippen LogP) is 0.696. The van der Waals surface area contributed by atoms with Gasteiger partial charge in [0.05, 0.1) is 12.5 Å². The first-order chi connectivity index (χ1) is 6.50. The Morgan fingerprint density at radius 2 is 2.29 bits per heavy atom. The fourth-order valence-corrected chi connectivity index (χ4v) is 0.885. The first kappa shape index (κ1) is 10.2. The molecular formula is C7H7NO6. The van der Waals surface area contributed by atoms with E-state index in [0.29, 0.717) is 0 Å². The molecule has 1 aromatic heterocycles. The maximum absolute atomic E-state index is 10.2. The van der Waals surface area contributed by atoms with Crippen LogP contribution >= 0.6 is 0 Å². The maximum atomic E-state index is 10.2. The molecule has 0 unspecified atom stereocenters. The van der Waals surface area contributed by atoms with Crippen molar-refractivity contribution in [2.24, 2.45) is 0 Å². The number of nitro groups is 1. The summed E-state index contributed by atoms with van der Waals surface area (Å²) in [7, 11) is 0. The van der Waals surface area contributed by atoms with E-state index in [2.05, 4.69) is 4.42 Å². The van der Waals surface area contributed by atoms with E-state index in [1.807, 2.05) is 0 Å². The fraction of sp³-hybridized carbons (Fsp3) is 0.286. The summed E-state index contributed by atoms with van der Waals surface area (Å²) in [6.07, 6.45) is -1.91. The second-order valence-corrected chi connectivity index (χ2v) is 2.55. The largest absolute Gasteiger partial charge is 0.481 e. The highest BCUT2D eigenvalue weighted by molar-refractivity contribution is 5.67. The van der Waals surface area contributed by atoms with Crippen molar-refractivity contribution < 1.29 is 24.3 Å². The van der Waals surface area contributed by atoms with Gasteiger partial charge in [0, 0.05) is 0 Å². The molecule has 1 aromatic rings. The normalized spacial score (nSPS) is 12.4. The molecule has 0 aliphatic carbocycles. The van der Waals surface area contributed by atoms with Gasteiger partial charge in [0.1, 0.15) is 16.8 Å². The lowest BCUT2D eigenvalue weighted by Gasteiger charge is -2.01. The molecule has 0 spiro atoms. The van der Waals surface area contributed by atoms with Crippen molar-refractivity contribution in [1.82, 2.24) is 0 Å². The van der Waals surface area contributed by atoms with Crippen molar-refractivity contribution in [2.45, 2.75) is 12.5 Å². The van der Waals surface area contributed by atoms with Gasteiger partial charge in [-0.15, -0.1) is 0 Å². The van der Waals surface area contributed by atoms with E-state index < -0.39 is 29.3 Å². The third-order valence-corrected chi connectivity index (χ3v) is 1.49. The maximum Gasteiger partial charge on any atom is 0.433 e. The number of nitrogens with zero attached hydrogens (tertiary/aromatic N) is 1. The number of hydrogen-bond acceptors (Lipinski definition) is 5. The molecule has 0 aliphatic rings. The number of furan rings is 1. The van der Waals surface area contributed by atoms with Gasteiger partial charge in [0.25, 0.3) is 0 Å². The van der Waals surface area contributed by atoms with E-state index in [4.69, 9.17) is 5.11 Å². The van der Waals surface area contributed by atoms with Gasteiger partial charge in [-0.2, -0.15) is 0 Å². The second-order valence-electron chi connectivity index (χ2n) is 2.55. The zero-order valence-electron chi connectivity index (χ0n) is 6.91. The minimum Gasteiger partial charge on any atom is -0.481 e. The third kappa shape index (κ3) is 2.30. The number of aliphatic hydroxyl groups excluding tert-OH is 1. The molecule has 2 N–H and O–H groups in total. The van der Waals surface area contributed by atoms with E-state index in [1.165, 1.54) is 6.07 Å². The highest BCUT2D eigenvalue weighted by atomic mass is 16.6. The lowest BCUT2D eigenvalue weighted by molar-refractivity contribution is -0.402. The average molecular weight is 201 g/mol. The number of carbonyl (C=O) groups is 1. The minimum atomic E-state index is -1.36. The molecule has 7 nitrogen and oxygen atoms in total. The molecule has 0 radical (unpaired) electrons. The quantitative estimate of drug-likeness (QED) is 0.547. The molecule has 0 fully saturated rings. The Morgan fingerprint density at radius 1 is 1.64 bits per heavy atom. The van der Waals surface area contributed by atoms with Crippen LogP contribution in [-0.2, 0) is 4.79 Å². The molecule has 0 bridgehead atoms. The SMILES string of the molecule is O=C(O)C[C@@H](O)c1ccc([N+](=O)[O-])o1. The van der Waals surface area contributed by atoms with Gasteiger partial charge in [0.2, 0.25) is 0 Å². The lowest BCUT2D eigenvalue weighted by Crippen LogP contribution is -2.04. The van der Waals surface area contributed by atoms with Crippen LogP contribution in [0.4, 0.5) is 5.88 Å². The predicted molar refractivity (Wildman–Crippen MR) is 42.6 cm³/mol. The second kappa shape index (κ2) is 3.88. The van der Waals surface area contributed by atoms with Crippen molar-refractivity contribution in [3.8, 4) is 0 Å². The van der Waals surface area contributed by atoms with Crippen LogP contribution in [0.25, 0.3) is 0 Å². The Hall–Kier alpha value is -1.89. The summed E-state index contributed by atoms with van der Waals surface area (Å²) < 4.78 is 4.60. The van der Waals surface area contributed by atoms with Crippen LogP contribution in [0.15, 0.2) is 16.5 Å². The van der Waals surface area contributed by atoms with Crippen molar-refractivity contribution >= 4 is 11.9 Å². The molecule has 0 saturated carbocycles. The Balaban J connectivity index is 2.76. The highest BCUT2D eigenvalue weighted by Crippen LogP contribution is 2.23. The van der Waals surface area contributed by atoms with Gasteiger partial charge in [0.15, 0.2) is 0 Å². The molecule has 0 aliphatic heterocycles. The van der Waals surface area contributed by atoms with Crippen LogP contribution in [-0.4, -0.2) is 21.1 Å². The Morgan fingerprint density at radius 3 is 2.71 bits per heavy atom. The summed E-state index contributed by atoms with van der Waals surface area (Å²) in [5.74, 6) is -1.86. The first-order valence-corrected chi connectivity index (χ1v) is 3.64. The Bertz CT molecular complexity index is 357. The van der Waals surface area contributed by atoms with Gasteiger partial charge >= 0.3 is 11.9 Å². The molecule has 76 valence electrons. The van der Waals surface area contributed by atoms with E-state index >= 15 is 0 Å². The van der Waals surface area contributed by atoms with Crippen LogP contribution in [0.3, 0.4) is 0 Å². The lowest BCUT2D eigenvalue weighted by atomic mass is 10.2.